The number of hydrogen-bond donors (Lipinski definition) is 1. The summed E-state index contributed by atoms with van der Waals surface area (Å²) in [6.07, 6.45) is -3.09. The fourth-order valence-corrected chi connectivity index (χ4v) is 1.89. The highest BCUT2D eigenvalue weighted by Gasteiger charge is 2.31. The predicted molar refractivity (Wildman–Crippen MR) is 72.3 cm³/mol. The summed E-state index contributed by atoms with van der Waals surface area (Å²) in [5.41, 5.74) is -1.17. The van der Waals surface area contributed by atoms with Gasteiger partial charge in [-0.3, -0.25) is 9.00 Å². The largest absolute Gasteiger partial charge is 0.416 e. The van der Waals surface area contributed by atoms with Crippen LogP contribution in [0.25, 0.3) is 0 Å². The number of carbonyl (C=O) groups is 1. The van der Waals surface area contributed by atoms with Gasteiger partial charge in [0.2, 0.25) is 0 Å². The van der Waals surface area contributed by atoms with Gasteiger partial charge in [0.05, 0.1) is 5.56 Å². The molecule has 0 aliphatic heterocycles. The molecule has 0 unspecified atom stereocenters. The Morgan fingerprint density at radius 1 is 1.40 bits per heavy atom. The van der Waals surface area contributed by atoms with Crippen LogP contribution in [0.3, 0.4) is 0 Å². The molecule has 1 aromatic rings. The standard InChI is InChI=1S/C12H13ClF3NO2S/c1-7(20(2)19)6-17-11(18)8-3-9(12(14,15)16)5-10(13)4-8/h3-5,7H,6H2,1-2H3,(H,17,18)/t7-,20+/m1/s1. The minimum atomic E-state index is -4.57. The molecule has 0 spiro atoms. The number of halogens is 4. The van der Waals surface area contributed by atoms with Gasteiger partial charge < -0.3 is 5.32 Å². The van der Waals surface area contributed by atoms with Crippen LogP contribution >= 0.6 is 11.6 Å². The summed E-state index contributed by atoms with van der Waals surface area (Å²) in [4.78, 5) is 11.8. The Morgan fingerprint density at radius 2 is 2.00 bits per heavy atom. The lowest BCUT2D eigenvalue weighted by Gasteiger charge is -2.12. The number of alkyl halides is 3. The zero-order valence-corrected chi connectivity index (χ0v) is 12.3. The Balaban J connectivity index is 2.88. The van der Waals surface area contributed by atoms with E-state index >= 15 is 0 Å². The van der Waals surface area contributed by atoms with E-state index in [1.807, 2.05) is 0 Å². The van der Waals surface area contributed by atoms with E-state index in [1.165, 1.54) is 6.26 Å². The van der Waals surface area contributed by atoms with Crippen molar-refractivity contribution in [3.63, 3.8) is 0 Å². The Bertz CT molecular complexity index is 534. The van der Waals surface area contributed by atoms with Crippen LogP contribution < -0.4 is 5.32 Å². The number of amides is 1. The SMILES string of the molecule is C[C@H](CNC(=O)c1cc(Cl)cc(C(F)(F)F)c1)[S@](C)=O. The molecule has 1 amide bonds. The zero-order valence-electron chi connectivity index (χ0n) is 10.8. The van der Waals surface area contributed by atoms with Gasteiger partial charge in [-0.25, -0.2) is 0 Å². The summed E-state index contributed by atoms with van der Waals surface area (Å²) >= 11 is 5.58. The summed E-state index contributed by atoms with van der Waals surface area (Å²) in [6.45, 7) is 1.77. The van der Waals surface area contributed by atoms with Gasteiger partial charge in [-0.05, 0) is 25.1 Å². The van der Waals surface area contributed by atoms with Crippen molar-refractivity contribution in [3.05, 3.63) is 34.3 Å². The van der Waals surface area contributed by atoms with E-state index in [1.54, 1.807) is 6.92 Å². The highest BCUT2D eigenvalue weighted by molar-refractivity contribution is 7.84. The first-order valence-electron chi connectivity index (χ1n) is 5.59. The number of rotatable bonds is 4. The summed E-state index contributed by atoms with van der Waals surface area (Å²) in [6, 6.07) is 2.64. The number of benzene rings is 1. The molecule has 1 aromatic carbocycles. The highest BCUT2D eigenvalue weighted by Crippen LogP contribution is 2.31. The Kier molecular flexibility index (Phi) is 5.59. The van der Waals surface area contributed by atoms with Crippen molar-refractivity contribution in [2.45, 2.75) is 18.3 Å². The molecule has 0 bridgehead atoms. The topological polar surface area (TPSA) is 46.2 Å². The molecule has 3 nitrogen and oxygen atoms in total. The third-order valence-electron chi connectivity index (χ3n) is 2.60. The molecule has 0 saturated carbocycles. The second-order valence-corrected chi connectivity index (χ2v) is 6.48. The van der Waals surface area contributed by atoms with E-state index in [0.29, 0.717) is 0 Å². The first-order valence-corrected chi connectivity index (χ1v) is 7.59. The lowest BCUT2D eigenvalue weighted by molar-refractivity contribution is -0.137. The van der Waals surface area contributed by atoms with E-state index in [4.69, 9.17) is 11.6 Å². The third-order valence-corrected chi connectivity index (χ3v) is 4.12. The van der Waals surface area contributed by atoms with Gasteiger partial charge in [0.1, 0.15) is 0 Å². The second kappa shape index (κ2) is 6.58. The summed E-state index contributed by atoms with van der Waals surface area (Å²) < 4.78 is 48.9. The van der Waals surface area contributed by atoms with Gasteiger partial charge in [-0.1, -0.05) is 11.6 Å². The molecule has 2 atom stereocenters. The smallest absolute Gasteiger partial charge is 0.351 e. The van der Waals surface area contributed by atoms with Crippen LogP contribution in [0, 0.1) is 0 Å². The number of carbonyl (C=O) groups excluding carboxylic acids is 1. The molecule has 1 rings (SSSR count). The molecular weight excluding hydrogens is 315 g/mol. The van der Waals surface area contributed by atoms with Crippen LogP contribution in [0.4, 0.5) is 13.2 Å². The monoisotopic (exact) mass is 327 g/mol. The number of nitrogens with one attached hydrogen (secondary N) is 1. The van der Waals surface area contributed by atoms with Gasteiger partial charge in [-0.2, -0.15) is 13.2 Å². The molecule has 0 saturated heterocycles. The maximum Gasteiger partial charge on any atom is 0.416 e. The van der Waals surface area contributed by atoms with E-state index in [-0.39, 0.29) is 22.4 Å². The summed E-state index contributed by atoms with van der Waals surface area (Å²) in [7, 11) is -1.13. The Hall–Kier alpha value is -1.08. The second-order valence-electron chi connectivity index (χ2n) is 4.25. The minimum absolute atomic E-state index is 0.107. The van der Waals surface area contributed by atoms with Crippen molar-refractivity contribution in [1.29, 1.82) is 0 Å². The fourth-order valence-electron chi connectivity index (χ4n) is 1.34. The van der Waals surface area contributed by atoms with E-state index < -0.39 is 28.4 Å². The first-order chi connectivity index (χ1) is 9.11. The first kappa shape index (κ1) is 17.0. The van der Waals surface area contributed by atoms with Gasteiger partial charge in [0, 0.05) is 39.4 Å². The van der Waals surface area contributed by atoms with Crippen molar-refractivity contribution in [2.75, 3.05) is 12.8 Å². The van der Waals surface area contributed by atoms with Crippen molar-refractivity contribution < 1.29 is 22.2 Å². The maximum atomic E-state index is 12.6. The summed E-state index contributed by atoms with van der Waals surface area (Å²) in [5, 5.41) is 1.97. The number of hydrogen-bond acceptors (Lipinski definition) is 2. The van der Waals surface area contributed by atoms with Crippen LogP contribution in [0.5, 0.6) is 0 Å². The normalized spacial score (nSPS) is 14.7. The lowest BCUT2D eigenvalue weighted by Crippen LogP contribution is -2.32. The van der Waals surface area contributed by atoms with Crippen molar-refractivity contribution in [2.24, 2.45) is 0 Å². The van der Waals surface area contributed by atoms with Crippen LogP contribution in [-0.2, 0) is 17.0 Å². The average molecular weight is 328 g/mol. The fraction of sp³-hybridized carbons (Fsp3) is 0.417. The Labute approximate surface area is 122 Å². The molecule has 0 fully saturated rings. The van der Waals surface area contributed by atoms with Crippen molar-refractivity contribution in [1.82, 2.24) is 5.32 Å². The van der Waals surface area contributed by atoms with Crippen molar-refractivity contribution in [3.8, 4) is 0 Å². The van der Waals surface area contributed by atoms with E-state index in [9.17, 15) is 22.2 Å². The molecule has 0 aliphatic rings. The average Bonchev–Trinajstić information content (AvgIpc) is 2.33. The maximum absolute atomic E-state index is 12.6. The molecule has 0 aliphatic carbocycles. The molecule has 0 heterocycles. The molecular formula is C12H13ClF3NO2S. The third kappa shape index (κ3) is 4.79. The Morgan fingerprint density at radius 3 is 2.50 bits per heavy atom. The van der Waals surface area contributed by atoms with Gasteiger partial charge in [0.15, 0.2) is 0 Å². The van der Waals surface area contributed by atoms with Gasteiger partial charge in [0.25, 0.3) is 5.91 Å². The predicted octanol–water partition coefficient (Wildman–Crippen LogP) is 2.86. The molecule has 8 heteroatoms. The summed E-state index contributed by atoms with van der Waals surface area (Å²) in [5.74, 6) is -0.685. The molecule has 0 aromatic heterocycles. The minimum Gasteiger partial charge on any atom is -0.351 e. The van der Waals surface area contributed by atoms with Crippen molar-refractivity contribution >= 4 is 28.3 Å². The van der Waals surface area contributed by atoms with Crippen LogP contribution in [0.1, 0.15) is 22.8 Å². The van der Waals surface area contributed by atoms with Gasteiger partial charge in [-0.15, -0.1) is 0 Å². The zero-order chi connectivity index (χ0) is 15.5. The molecule has 20 heavy (non-hydrogen) atoms. The molecule has 112 valence electrons. The van der Waals surface area contributed by atoms with E-state index in [2.05, 4.69) is 5.32 Å². The molecule has 0 radical (unpaired) electrons. The highest BCUT2D eigenvalue weighted by atomic mass is 35.5. The lowest BCUT2D eigenvalue weighted by atomic mass is 10.1. The van der Waals surface area contributed by atoms with E-state index in [0.717, 1.165) is 18.2 Å². The van der Waals surface area contributed by atoms with Crippen LogP contribution in [0.15, 0.2) is 18.2 Å². The quantitative estimate of drug-likeness (QED) is 0.924. The molecule has 1 N–H and O–H groups in total. The van der Waals surface area contributed by atoms with Crippen LogP contribution in [-0.4, -0.2) is 28.2 Å². The van der Waals surface area contributed by atoms with Crippen LogP contribution in [0.2, 0.25) is 5.02 Å². The van der Waals surface area contributed by atoms with Gasteiger partial charge >= 0.3 is 6.18 Å².